The molecule has 3 aliphatic rings. The summed E-state index contributed by atoms with van der Waals surface area (Å²) in [6.07, 6.45) is 34.8. The van der Waals surface area contributed by atoms with Crippen molar-refractivity contribution in [1.82, 2.24) is 0 Å². The zero-order valence-electron chi connectivity index (χ0n) is 37.8. The molecule has 0 aliphatic heterocycles. The summed E-state index contributed by atoms with van der Waals surface area (Å²) >= 11 is 0. The Bertz CT molecular complexity index is 2890. The highest BCUT2D eigenvalue weighted by Gasteiger charge is 2.45. The van der Waals surface area contributed by atoms with Crippen LogP contribution in [0.4, 0.5) is 0 Å². The van der Waals surface area contributed by atoms with E-state index in [1.807, 2.05) is 30.4 Å². The van der Waals surface area contributed by atoms with Gasteiger partial charge < -0.3 is 0 Å². The highest BCUT2D eigenvalue weighted by atomic mass is 14.5. The van der Waals surface area contributed by atoms with Crippen LogP contribution < -0.4 is 0 Å². The van der Waals surface area contributed by atoms with Crippen molar-refractivity contribution in [2.75, 3.05) is 0 Å². The van der Waals surface area contributed by atoms with Gasteiger partial charge in [-0.1, -0.05) is 239 Å². The van der Waals surface area contributed by atoms with Crippen molar-refractivity contribution in [3.05, 3.63) is 323 Å². The lowest BCUT2D eigenvalue weighted by molar-refractivity contribution is 0.771. The van der Waals surface area contributed by atoms with E-state index in [2.05, 4.69) is 230 Å². The van der Waals surface area contributed by atoms with Crippen molar-refractivity contribution < 1.29 is 0 Å². The van der Waals surface area contributed by atoms with Crippen LogP contribution in [-0.2, 0) is 5.41 Å². The van der Waals surface area contributed by atoms with Crippen LogP contribution in [-0.4, -0.2) is 0 Å². The van der Waals surface area contributed by atoms with Gasteiger partial charge in [-0.25, -0.2) is 0 Å². The number of allylic oxidation sites excluding steroid dienone is 29. The van der Waals surface area contributed by atoms with Crippen LogP contribution in [0.15, 0.2) is 296 Å². The van der Waals surface area contributed by atoms with E-state index >= 15 is 0 Å². The molecule has 0 nitrogen and oxygen atoms in total. The molecule has 0 N–H and O–H groups in total. The number of hydrogen-bond acceptors (Lipinski definition) is 0. The van der Waals surface area contributed by atoms with Crippen LogP contribution in [0.25, 0.3) is 22.3 Å². The third-order valence-corrected chi connectivity index (χ3v) is 12.5. The predicted octanol–water partition coefficient (Wildman–Crippen LogP) is 17.0. The molecule has 1 spiro atoms. The Balaban J connectivity index is 1.46. The first-order valence-electron chi connectivity index (χ1n) is 22.1. The smallest absolute Gasteiger partial charge is 0.0613 e. The lowest BCUT2D eigenvalue weighted by Crippen LogP contribution is -2.25. The van der Waals surface area contributed by atoms with Crippen LogP contribution in [0.5, 0.6) is 0 Å². The average molecular weight is 827 g/mol. The molecule has 0 radical (unpaired) electrons. The first-order chi connectivity index (χ1) is 31.1. The highest BCUT2D eigenvalue weighted by molar-refractivity contribution is 5.97. The molecular weight excluding hydrogens is 769 g/mol. The van der Waals surface area contributed by atoms with Crippen molar-refractivity contribution in [3.63, 3.8) is 0 Å². The molecule has 0 saturated heterocycles. The summed E-state index contributed by atoms with van der Waals surface area (Å²) in [6, 6.07) is 40.6. The van der Waals surface area contributed by atoms with E-state index in [-0.39, 0.29) is 5.92 Å². The van der Waals surface area contributed by atoms with Gasteiger partial charge in [-0.3, -0.25) is 0 Å². The van der Waals surface area contributed by atoms with Gasteiger partial charge in [-0.15, -0.1) is 0 Å². The first-order valence-corrected chi connectivity index (χ1v) is 22.1. The van der Waals surface area contributed by atoms with Gasteiger partial charge in [0.25, 0.3) is 0 Å². The van der Waals surface area contributed by atoms with Gasteiger partial charge in [0.1, 0.15) is 0 Å². The Hall–Kier alpha value is -7.54. The number of fused-ring (bicyclic) bond motifs is 2. The lowest BCUT2D eigenvalue weighted by Gasteiger charge is -2.32. The summed E-state index contributed by atoms with van der Waals surface area (Å²) in [5.74, 6) is -0.167. The molecule has 64 heavy (non-hydrogen) atoms. The third-order valence-electron chi connectivity index (χ3n) is 12.5. The van der Waals surface area contributed by atoms with Crippen molar-refractivity contribution in [1.29, 1.82) is 0 Å². The first kappa shape index (κ1) is 44.5. The van der Waals surface area contributed by atoms with E-state index in [1.54, 1.807) is 0 Å². The van der Waals surface area contributed by atoms with Crippen molar-refractivity contribution in [2.24, 2.45) is 5.92 Å². The summed E-state index contributed by atoms with van der Waals surface area (Å²) in [6.45, 7) is 30.7. The summed E-state index contributed by atoms with van der Waals surface area (Å²) < 4.78 is 0. The quantitative estimate of drug-likeness (QED) is 0.118. The molecule has 0 heteroatoms. The van der Waals surface area contributed by atoms with Gasteiger partial charge >= 0.3 is 0 Å². The van der Waals surface area contributed by atoms with E-state index in [9.17, 15) is 0 Å². The topological polar surface area (TPSA) is 0 Å². The fraction of sp³-hybridized carbons (Fsp3) is 0.0938. The van der Waals surface area contributed by atoms with Crippen molar-refractivity contribution in [2.45, 2.75) is 33.1 Å². The minimum absolute atomic E-state index is 0.167. The Morgan fingerprint density at radius 1 is 0.688 bits per heavy atom. The minimum Gasteiger partial charge on any atom is -0.0991 e. The van der Waals surface area contributed by atoms with Crippen LogP contribution in [0.2, 0.25) is 0 Å². The maximum absolute atomic E-state index is 4.82. The molecular formula is C64H58. The van der Waals surface area contributed by atoms with Crippen molar-refractivity contribution in [3.8, 4) is 0 Å². The second-order valence-electron chi connectivity index (χ2n) is 16.5. The maximum Gasteiger partial charge on any atom is 0.0613 e. The molecule has 0 saturated carbocycles. The van der Waals surface area contributed by atoms with Crippen LogP contribution in [0.1, 0.15) is 55.5 Å². The maximum atomic E-state index is 4.82. The monoisotopic (exact) mass is 826 g/mol. The van der Waals surface area contributed by atoms with E-state index in [0.29, 0.717) is 0 Å². The molecule has 4 aromatic carbocycles. The van der Waals surface area contributed by atoms with Gasteiger partial charge in [-0.2, -0.15) is 0 Å². The van der Waals surface area contributed by atoms with Crippen LogP contribution >= 0.6 is 0 Å². The highest BCUT2D eigenvalue weighted by Crippen LogP contribution is 2.56. The predicted molar refractivity (Wildman–Crippen MR) is 280 cm³/mol. The van der Waals surface area contributed by atoms with Gasteiger partial charge in [0.2, 0.25) is 0 Å². The van der Waals surface area contributed by atoms with Crippen molar-refractivity contribution >= 4 is 22.3 Å². The second kappa shape index (κ2) is 20.1. The summed E-state index contributed by atoms with van der Waals surface area (Å²) in [7, 11) is 0. The molecule has 4 aromatic rings. The zero-order chi connectivity index (χ0) is 45.2. The Morgan fingerprint density at radius 2 is 1.34 bits per heavy atom. The largest absolute Gasteiger partial charge is 0.0991 e. The van der Waals surface area contributed by atoms with E-state index < -0.39 is 5.41 Å². The molecule has 0 heterocycles. The normalized spacial score (nSPS) is 21.9. The van der Waals surface area contributed by atoms with Gasteiger partial charge in [0.15, 0.2) is 0 Å². The standard InChI is InChI=1S/C64H58/c1-10-14-34-59-49(9)45(5)39-54(37-38-58(59)47(7)41-55(52-30-20-16-21-31-52)40-46(6)51-28-18-15-19-29-51)63-60-35-24-25-36-61(60)64(62(63)27-12-3)44-57(50(13-4)26-11-2)43-56(42-48(64)8)53-32-22-17-23-33-53/h10-44,58H,1-2,4-5,7H2,3,6,8-9H3/b27-12-,34-14-,38-37-,46-40+,50-26+,54-39+,55-41+,59-49-. The Morgan fingerprint density at radius 3 is 2.00 bits per heavy atom. The van der Waals surface area contributed by atoms with E-state index in [1.165, 1.54) is 39.0 Å². The van der Waals surface area contributed by atoms with Gasteiger partial charge in [0.05, 0.1) is 5.41 Å². The van der Waals surface area contributed by atoms with Gasteiger partial charge in [0, 0.05) is 5.92 Å². The molecule has 0 amide bonds. The summed E-state index contributed by atoms with van der Waals surface area (Å²) in [5, 5.41) is 0. The average Bonchev–Trinajstić information content (AvgIpc) is 3.49. The fourth-order valence-corrected chi connectivity index (χ4v) is 9.21. The fourth-order valence-electron chi connectivity index (χ4n) is 9.21. The molecule has 314 valence electrons. The molecule has 2 atom stereocenters. The molecule has 0 bridgehead atoms. The van der Waals surface area contributed by atoms with E-state index in [4.69, 9.17) is 13.2 Å². The molecule has 3 aliphatic carbocycles. The Kier molecular flexibility index (Phi) is 14.0. The zero-order valence-corrected chi connectivity index (χ0v) is 37.8. The SMILES string of the molecule is C=C/C=C\C1=C(/C)C(=C)/C=C(C2=C(/C=C\C)C3(C=C(/C(C=C)=C/C=C)C=C(c4ccccc4)C=C3C)c3ccccc32)\C=C/C1C(=C)/C=C(\C=C(/C)c1ccccc1)c1ccccc1. The number of hydrogen-bond donors (Lipinski definition) is 0. The third kappa shape index (κ3) is 9.01. The van der Waals surface area contributed by atoms with Crippen LogP contribution in [0.3, 0.4) is 0 Å². The molecule has 0 aromatic heterocycles. The summed E-state index contributed by atoms with van der Waals surface area (Å²) in [5.41, 5.74) is 19.6. The number of rotatable bonds is 13. The van der Waals surface area contributed by atoms with E-state index in [0.717, 1.165) is 61.3 Å². The summed E-state index contributed by atoms with van der Waals surface area (Å²) in [4.78, 5) is 0. The van der Waals surface area contributed by atoms with Crippen LogP contribution in [0, 0.1) is 5.92 Å². The lowest BCUT2D eigenvalue weighted by atomic mass is 9.70. The second-order valence-corrected chi connectivity index (χ2v) is 16.5. The molecule has 7 rings (SSSR count). The number of benzene rings is 4. The van der Waals surface area contributed by atoms with Gasteiger partial charge in [-0.05, 0) is 135 Å². The molecule has 0 fully saturated rings. The Labute approximate surface area is 382 Å². The minimum atomic E-state index is -0.607. The molecule has 2 unspecified atom stereocenters.